The predicted octanol–water partition coefficient (Wildman–Crippen LogP) is 1.38. The summed E-state index contributed by atoms with van der Waals surface area (Å²) in [5, 5.41) is 18.5. The van der Waals surface area contributed by atoms with Gasteiger partial charge in [0.2, 0.25) is 0 Å². The molecule has 0 saturated heterocycles. The topological polar surface area (TPSA) is 58.3 Å². The van der Waals surface area contributed by atoms with Crippen LogP contribution in [0.5, 0.6) is 0 Å². The monoisotopic (exact) mass is 280 g/mol. The molecule has 0 spiro atoms. The molecule has 3 rings (SSSR count). The molecule has 0 aliphatic heterocycles. The summed E-state index contributed by atoms with van der Waals surface area (Å²) in [4.78, 5) is 4.44. The minimum Gasteiger partial charge on any atom is -0.423 e. The molecule has 106 valence electrons. The molecule has 0 radical (unpaired) electrons. The number of fused-ring (bicyclic) bond motifs is 1. The van der Waals surface area contributed by atoms with E-state index in [1.54, 1.807) is 12.1 Å². The standard InChI is InChI=1S/C16H17BN2O2/c1-11-6-15-16(7-12(11)2)19(10-18-15)9-13-4-3-5-14(8-13)17(20)21/h3-8,10,20-21H,9H2,1-2H3. The van der Waals surface area contributed by atoms with E-state index in [1.807, 2.05) is 18.5 Å². The highest BCUT2D eigenvalue weighted by atomic mass is 16.4. The van der Waals surface area contributed by atoms with Crippen molar-refractivity contribution in [3.8, 4) is 0 Å². The van der Waals surface area contributed by atoms with Gasteiger partial charge in [0.1, 0.15) is 0 Å². The van der Waals surface area contributed by atoms with Crippen LogP contribution in [0.4, 0.5) is 0 Å². The zero-order valence-electron chi connectivity index (χ0n) is 12.1. The largest absolute Gasteiger partial charge is 0.488 e. The Bertz CT molecular complexity index is 796. The quantitative estimate of drug-likeness (QED) is 0.713. The van der Waals surface area contributed by atoms with Gasteiger partial charge in [-0.25, -0.2) is 4.98 Å². The van der Waals surface area contributed by atoms with Crippen molar-refractivity contribution in [2.24, 2.45) is 0 Å². The summed E-state index contributed by atoms with van der Waals surface area (Å²) in [6.07, 6.45) is 1.82. The first-order valence-electron chi connectivity index (χ1n) is 6.91. The average Bonchev–Trinajstić information content (AvgIpc) is 2.82. The first-order chi connectivity index (χ1) is 10.0. The summed E-state index contributed by atoms with van der Waals surface area (Å²) >= 11 is 0. The van der Waals surface area contributed by atoms with E-state index in [4.69, 9.17) is 0 Å². The van der Waals surface area contributed by atoms with Crippen LogP contribution in [0, 0.1) is 13.8 Å². The maximum atomic E-state index is 9.25. The van der Waals surface area contributed by atoms with Crippen LogP contribution in [-0.4, -0.2) is 26.7 Å². The molecule has 0 saturated carbocycles. The lowest BCUT2D eigenvalue weighted by Gasteiger charge is -2.08. The van der Waals surface area contributed by atoms with Crippen LogP contribution in [0.3, 0.4) is 0 Å². The van der Waals surface area contributed by atoms with E-state index in [1.165, 1.54) is 11.1 Å². The normalized spacial score (nSPS) is 11.0. The third-order valence-electron chi connectivity index (χ3n) is 3.84. The lowest BCUT2D eigenvalue weighted by Crippen LogP contribution is -2.29. The molecule has 1 heterocycles. The Morgan fingerprint density at radius 1 is 1.10 bits per heavy atom. The van der Waals surface area contributed by atoms with Crippen molar-refractivity contribution in [1.82, 2.24) is 9.55 Å². The number of benzene rings is 2. The van der Waals surface area contributed by atoms with Crippen molar-refractivity contribution in [1.29, 1.82) is 0 Å². The van der Waals surface area contributed by atoms with Gasteiger partial charge in [0.05, 0.1) is 17.4 Å². The van der Waals surface area contributed by atoms with E-state index < -0.39 is 7.12 Å². The van der Waals surface area contributed by atoms with Crippen molar-refractivity contribution in [2.45, 2.75) is 20.4 Å². The van der Waals surface area contributed by atoms with E-state index in [0.29, 0.717) is 12.0 Å². The molecule has 0 fully saturated rings. The Balaban J connectivity index is 1.98. The lowest BCUT2D eigenvalue weighted by atomic mass is 9.79. The average molecular weight is 280 g/mol. The van der Waals surface area contributed by atoms with Crippen LogP contribution in [0.25, 0.3) is 11.0 Å². The summed E-state index contributed by atoms with van der Waals surface area (Å²) in [6, 6.07) is 11.5. The smallest absolute Gasteiger partial charge is 0.423 e. The number of imidazole rings is 1. The molecule has 3 aromatic rings. The highest BCUT2D eigenvalue weighted by Gasteiger charge is 2.11. The van der Waals surface area contributed by atoms with Gasteiger partial charge in [-0.1, -0.05) is 24.3 Å². The van der Waals surface area contributed by atoms with Crippen LogP contribution in [-0.2, 0) is 6.54 Å². The van der Waals surface area contributed by atoms with E-state index >= 15 is 0 Å². The molecule has 0 atom stereocenters. The van der Waals surface area contributed by atoms with E-state index in [-0.39, 0.29) is 0 Å². The third-order valence-corrected chi connectivity index (χ3v) is 3.84. The highest BCUT2D eigenvalue weighted by molar-refractivity contribution is 6.58. The Labute approximate surface area is 123 Å². The molecule has 2 N–H and O–H groups in total. The SMILES string of the molecule is Cc1cc2ncn(Cc3cccc(B(O)O)c3)c2cc1C. The first kappa shape index (κ1) is 13.9. The van der Waals surface area contributed by atoms with Gasteiger partial charge in [-0.15, -0.1) is 0 Å². The van der Waals surface area contributed by atoms with Gasteiger partial charge in [-0.05, 0) is 48.1 Å². The Hall–Kier alpha value is -2.11. The van der Waals surface area contributed by atoms with Crippen LogP contribution in [0.15, 0.2) is 42.7 Å². The maximum absolute atomic E-state index is 9.25. The number of hydrogen-bond donors (Lipinski definition) is 2. The van der Waals surface area contributed by atoms with E-state index in [2.05, 4.69) is 35.5 Å². The number of rotatable bonds is 3. The van der Waals surface area contributed by atoms with E-state index in [9.17, 15) is 10.0 Å². The van der Waals surface area contributed by atoms with Gasteiger partial charge in [0.15, 0.2) is 0 Å². The number of nitrogens with zero attached hydrogens (tertiary/aromatic N) is 2. The van der Waals surface area contributed by atoms with Crippen LogP contribution in [0.2, 0.25) is 0 Å². The fourth-order valence-corrected chi connectivity index (χ4v) is 2.49. The minimum atomic E-state index is -1.44. The molecule has 4 nitrogen and oxygen atoms in total. The minimum absolute atomic E-state index is 0.504. The molecule has 0 aliphatic carbocycles. The summed E-state index contributed by atoms with van der Waals surface area (Å²) in [5.41, 5.74) is 6.06. The molecular formula is C16H17BN2O2. The summed E-state index contributed by atoms with van der Waals surface area (Å²) in [6.45, 7) is 4.83. The van der Waals surface area contributed by atoms with Crippen molar-refractivity contribution >= 4 is 23.6 Å². The fraction of sp³-hybridized carbons (Fsp3) is 0.188. The molecule has 0 bridgehead atoms. The van der Waals surface area contributed by atoms with Gasteiger partial charge in [0.25, 0.3) is 0 Å². The molecule has 0 amide bonds. The van der Waals surface area contributed by atoms with Crippen LogP contribution < -0.4 is 5.46 Å². The number of hydrogen-bond acceptors (Lipinski definition) is 3. The van der Waals surface area contributed by atoms with Crippen LogP contribution >= 0.6 is 0 Å². The Morgan fingerprint density at radius 3 is 2.62 bits per heavy atom. The third kappa shape index (κ3) is 2.70. The summed E-state index contributed by atoms with van der Waals surface area (Å²) in [7, 11) is -1.44. The zero-order valence-corrected chi connectivity index (χ0v) is 12.1. The predicted molar refractivity (Wildman–Crippen MR) is 84.6 cm³/mol. The van der Waals surface area contributed by atoms with Crippen LogP contribution in [0.1, 0.15) is 16.7 Å². The zero-order chi connectivity index (χ0) is 15.0. The fourth-order valence-electron chi connectivity index (χ4n) is 2.49. The first-order valence-corrected chi connectivity index (χ1v) is 6.91. The molecule has 0 unspecified atom stereocenters. The number of aryl methyl sites for hydroxylation is 2. The van der Waals surface area contributed by atoms with Crippen molar-refractivity contribution in [3.63, 3.8) is 0 Å². The van der Waals surface area contributed by atoms with Gasteiger partial charge >= 0.3 is 7.12 Å². The Morgan fingerprint density at radius 2 is 1.86 bits per heavy atom. The second-order valence-electron chi connectivity index (χ2n) is 5.42. The maximum Gasteiger partial charge on any atom is 0.488 e. The molecule has 1 aromatic heterocycles. The second-order valence-corrected chi connectivity index (χ2v) is 5.42. The van der Waals surface area contributed by atoms with Crippen molar-refractivity contribution in [3.05, 3.63) is 59.4 Å². The molecule has 21 heavy (non-hydrogen) atoms. The van der Waals surface area contributed by atoms with Crippen molar-refractivity contribution in [2.75, 3.05) is 0 Å². The van der Waals surface area contributed by atoms with Gasteiger partial charge in [0, 0.05) is 6.54 Å². The lowest BCUT2D eigenvalue weighted by molar-refractivity contribution is 0.425. The molecule has 0 aliphatic rings. The van der Waals surface area contributed by atoms with E-state index in [0.717, 1.165) is 16.6 Å². The summed E-state index contributed by atoms with van der Waals surface area (Å²) in [5.74, 6) is 0. The van der Waals surface area contributed by atoms with Crippen molar-refractivity contribution < 1.29 is 10.0 Å². The summed E-state index contributed by atoms with van der Waals surface area (Å²) < 4.78 is 2.07. The number of aromatic nitrogens is 2. The molecular weight excluding hydrogens is 263 g/mol. The molecule has 5 heteroatoms. The highest BCUT2D eigenvalue weighted by Crippen LogP contribution is 2.19. The molecule has 2 aromatic carbocycles. The van der Waals surface area contributed by atoms with Gasteiger partial charge < -0.3 is 14.6 Å². The van der Waals surface area contributed by atoms with Gasteiger partial charge in [-0.3, -0.25) is 0 Å². The second kappa shape index (κ2) is 5.35. The Kier molecular flexibility index (Phi) is 3.53. The van der Waals surface area contributed by atoms with Gasteiger partial charge in [-0.2, -0.15) is 0 Å².